The van der Waals surface area contributed by atoms with E-state index in [-0.39, 0.29) is 36.0 Å². The molecule has 30 heavy (non-hydrogen) atoms. The molecule has 1 fully saturated rings. The average Bonchev–Trinajstić information content (AvgIpc) is 3.11. The van der Waals surface area contributed by atoms with Gasteiger partial charge in [-0.05, 0) is 44.0 Å². The third-order valence-electron chi connectivity index (χ3n) is 5.34. The molecule has 1 aliphatic heterocycles. The lowest BCUT2D eigenvalue weighted by atomic mass is 10.0. The van der Waals surface area contributed by atoms with Crippen LogP contribution in [0.5, 0.6) is 5.75 Å². The van der Waals surface area contributed by atoms with Gasteiger partial charge in [-0.25, -0.2) is 4.79 Å². The van der Waals surface area contributed by atoms with Gasteiger partial charge in [0.1, 0.15) is 11.3 Å². The van der Waals surface area contributed by atoms with Crippen LogP contribution in [0, 0.1) is 6.92 Å². The van der Waals surface area contributed by atoms with Crippen molar-refractivity contribution < 1.29 is 23.8 Å². The van der Waals surface area contributed by atoms with E-state index in [1.54, 1.807) is 19.1 Å². The van der Waals surface area contributed by atoms with Gasteiger partial charge in [-0.3, -0.25) is 9.59 Å². The van der Waals surface area contributed by atoms with Gasteiger partial charge >= 0.3 is 11.6 Å². The van der Waals surface area contributed by atoms with E-state index in [2.05, 4.69) is 10.1 Å². The van der Waals surface area contributed by atoms with Crippen LogP contribution >= 0.6 is 12.4 Å². The van der Waals surface area contributed by atoms with Gasteiger partial charge in [0.2, 0.25) is 5.91 Å². The minimum atomic E-state index is -0.611. The molecule has 2 heterocycles. The largest absolute Gasteiger partial charge is 0.507 e. The number of methoxy groups -OCH3 is 1. The molecule has 0 unspecified atom stereocenters. The lowest BCUT2D eigenvalue weighted by Gasteiger charge is -2.16. The minimum absolute atomic E-state index is 0. The molecular weight excluding hydrogens is 412 g/mol. The number of phenolic OH excluding ortho intramolecular Hbond substituents is 1. The third-order valence-corrected chi connectivity index (χ3v) is 5.34. The van der Waals surface area contributed by atoms with E-state index < -0.39 is 11.6 Å². The first-order valence-corrected chi connectivity index (χ1v) is 9.74. The van der Waals surface area contributed by atoms with Crippen molar-refractivity contribution in [2.75, 3.05) is 26.7 Å². The lowest BCUT2D eigenvalue weighted by molar-refractivity contribution is -0.139. The number of fused-ring (bicyclic) bond motifs is 1. The third kappa shape index (κ3) is 5.12. The van der Waals surface area contributed by atoms with Gasteiger partial charge < -0.3 is 24.5 Å². The predicted molar refractivity (Wildman–Crippen MR) is 114 cm³/mol. The number of aryl methyl sites for hydroxylation is 1. The molecule has 3 rings (SSSR count). The summed E-state index contributed by atoms with van der Waals surface area (Å²) in [4.78, 5) is 37.5. The molecule has 1 amide bonds. The molecule has 2 aromatic rings. The Kier molecular flexibility index (Phi) is 8.25. The Hall–Kier alpha value is -2.58. The predicted octanol–water partition coefficient (Wildman–Crippen LogP) is 2.05. The Morgan fingerprint density at radius 3 is 2.73 bits per heavy atom. The molecule has 0 atom stereocenters. The topological polar surface area (TPSA) is 109 Å². The van der Waals surface area contributed by atoms with Crippen LogP contribution in [-0.4, -0.2) is 48.6 Å². The molecule has 0 radical (unpaired) electrons. The highest BCUT2D eigenvalue weighted by atomic mass is 35.5. The van der Waals surface area contributed by atoms with Crippen molar-refractivity contribution >= 4 is 35.3 Å². The van der Waals surface area contributed by atoms with Crippen molar-refractivity contribution in [2.45, 2.75) is 39.2 Å². The highest BCUT2D eigenvalue weighted by molar-refractivity contribution is 5.87. The number of likely N-dealkylation sites (tertiary alicyclic amines) is 1. The summed E-state index contributed by atoms with van der Waals surface area (Å²) in [6.07, 6.45) is 2.19. The maximum absolute atomic E-state index is 12.4. The maximum atomic E-state index is 12.4. The number of nitrogens with one attached hydrogen (secondary N) is 1. The Morgan fingerprint density at radius 1 is 1.30 bits per heavy atom. The number of esters is 1. The summed E-state index contributed by atoms with van der Waals surface area (Å²) in [6, 6.07) is 3.23. The van der Waals surface area contributed by atoms with Crippen molar-refractivity contribution in [3.8, 4) is 5.75 Å². The number of phenols is 1. The van der Waals surface area contributed by atoms with Crippen LogP contribution in [0.3, 0.4) is 0 Å². The Balaban J connectivity index is 0.00000320. The second-order valence-corrected chi connectivity index (χ2v) is 7.20. The second kappa shape index (κ2) is 10.4. The zero-order valence-electron chi connectivity index (χ0n) is 17.2. The molecule has 1 saturated heterocycles. The minimum Gasteiger partial charge on any atom is -0.507 e. The number of benzene rings is 1. The normalized spacial score (nSPS) is 13.5. The molecule has 0 spiro atoms. The van der Waals surface area contributed by atoms with Crippen molar-refractivity contribution in [1.29, 1.82) is 0 Å². The fourth-order valence-electron chi connectivity index (χ4n) is 3.64. The fraction of sp³-hybridized carbons (Fsp3) is 0.476. The Labute approximate surface area is 180 Å². The molecule has 1 aromatic heterocycles. The number of hydrogen-bond donors (Lipinski definition) is 2. The molecule has 164 valence electrons. The quantitative estimate of drug-likeness (QED) is 0.368. The first-order chi connectivity index (χ1) is 13.9. The van der Waals surface area contributed by atoms with Gasteiger partial charge in [-0.1, -0.05) is 0 Å². The standard InChI is InChI=1S/C21H26N2O6.ClH/c1-13-14-6-7-17(24)16(12-22-8-4-10-23-9-3-5-18(23)25)20(14)29-21(27)15(13)11-19(26)28-2;/h6-7,22,24H,3-5,8-12H2,1-2H3;1H. The van der Waals surface area contributed by atoms with Gasteiger partial charge in [0, 0.05) is 31.4 Å². The summed E-state index contributed by atoms with van der Waals surface area (Å²) in [5.74, 6) is -0.281. The summed E-state index contributed by atoms with van der Waals surface area (Å²) in [5, 5.41) is 14.2. The second-order valence-electron chi connectivity index (χ2n) is 7.20. The molecular formula is C21H27ClN2O6. The van der Waals surface area contributed by atoms with Crippen LogP contribution in [0.15, 0.2) is 21.3 Å². The highest BCUT2D eigenvalue weighted by Gasteiger charge is 2.20. The zero-order valence-corrected chi connectivity index (χ0v) is 18.0. The molecule has 0 saturated carbocycles. The summed E-state index contributed by atoms with van der Waals surface area (Å²) in [7, 11) is 1.27. The van der Waals surface area contributed by atoms with E-state index in [4.69, 9.17) is 4.42 Å². The average molecular weight is 439 g/mol. The molecule has 8 nitrogen and oxygen atoms in total. The highest BCUT2D eigenvalue weighted by Crippen LogP contribution is 2.29. The molecule has 9 heteroatoms. The van der Waals surface area contributed by atoms with Crippen molar-refractivity contribution in [1.82, 2.24) is 10.2 Å². The van der Waals surface area contributed by atoms with E-state index in [1.165, 1.54) is 7.11 Å². The number of nitrogens with zero attached hydrogens (tertiary/aromatic N) is 1. The smallest absolute Gasteiger partial charge is 0.340 e. The van der Waals surface area contributed by atoms with Gasteiger partial charge in [0.05, 0.1) is 24.7 Å². The van der Waals surface area contributed by atoms with Gasteiger partial charge in [0.15, 0.2) is 0 Å². The van der Waals surface area contributed by atoms with E-state index in [9.17, 15) is 19.5 Å². The zero-order chi connectivity index (χ0) is 21.0. The van der Waals surface area contributed by atoms with Gasteiger partial charge in [-0.2, -0.15) is 0 Å². The summed E-state index contributed by atoms with van der Waals surface area (Å²) < 4.78 is 10.1. The first kappa shape index (κ1) is 23.7. The molecule has 0 bridgehead atoms. The number of carbonyl (C=O) groups is 2. The maximum Gasteiger partial charge on any atom is 0.340 e. The number of hydrogen-bond acceptors (Lipinski definition) is 7. The van der Waals surface area contributed by atoms with Gasteiger partial charge in [0.25, 0.3) is 0 Å². The van der Waals surface area contributed by atoms with E-state index in [0.29, 0.717) is 48.2 Å². The Bertz CT molecular complexity index is 988. The van der Waals surface area contributed by atoms with Gasteiger partial charge in [-0.15, -0.1) is 12.4 Å². The van der Waals surface area contributed by atoms with Crippen LogP contribution in [-0.2, 0) is 27.3 Å². The van der Waals surface area contributed by atoms with Crippen molar-refractivity contribution in [3.05, 3.63) is 39.2 Å². The van der Waals surface area contributed by atoms with Crippen molar-refractivity contribution in [2.24, 2.45) is 0 Å². The molecule has 2 N–H and O–H groups in total. The Morgan fingerprint density at radius 2 is 2.07 bits per heavy atom. The summed E-state index contributed by atoms with van der Waals surface area (Å²) in [5.41, 5.74) is 1.08. The van der Waals surface area contributed by atoms with E-state index in [0.717, 1.165) is 19.4 Å². The summed E-state index contributed by atoms with van der Waals surface area (Å²) >= 11 is 0. The van der Waals surface area contributed by atoms with Crippen LogP contribution in [0.25, 0.3) is 11.0 Å². The molecule has 1 aliphatic rings. The lowest BCUT2D eigenvalue weighted by Crippen LogP contribution is -2.28. The molecule has 1 aromatic carbocycles. The number of aromatic hydroxyl groups is 1. The van der Waals surface area contributed by atoms with Crippen LogP contribution in [0.1, 0.15) is 36.0 Å². The number of carbonyl (C=O) groups excluding carboxylic acids is 2. The number of rotatable bonds is 8. The van der Waals surface area contributed by atoms with E-state index in [1.807, 2.05) is 4.90 Å². The molecule has 0 aliphatic carbocycles. The van der Waals surface area contributed by atoms with Crippen LogP contribution < -0.4 is 10.9 Å². The number of ether oxygens (including phenoxy) is 1. The summed E-state index contributed by atoms with van der Waals surface area (Å²) in [6.45, 7) is 4.25. The fourth-order valence-corrected chi connectivity index (χ4v) is 3.64. The van der Waals surface area contributed by atoms with Crippen molar-refractivity contribution in [3.63, 3.8) is 0 Å². The number of amides is 1. The van der Waals surface area contributed by atoms with Crippen LogP contribution in [0.2, 0.25) is 0 Å². The first-order valence-electron chi connectivity index (χ1n) is 9.74. The van der Waals surface area contributed by atoms with Crippen LogP contribution in [0.4, 0.5) is 0 Å². The SMILES string of the molecule is COC(=O)Cc1c(C)c2ccc(O)c(CNCCCN3CCCC3=O)c2oc1=O.Cl. The monoisotopic (exact) mass is 438 g/mol. The number of halogens is 1. The van der Waals surface area contributed by atoms with E-state index >= 15 is 0 Å².